The Balaban J connectivity index is 2.76. The van der Waals surface area contributed by atoms with Crippen molar-refractivity contribution in [3.05, 3.63) is 28.8 Å². The van der Waals surface area contributed by atoms with Crippen molar-refractivity contribution in [2.45, 2.75) is 53.9 Å². The van der Waals surface area contributed by atoms with Crippen LogP contribution < -0.4 is 4.74 Å². The molecule has 0 bridgehead atoms. The monoisotopic (exact) mass is 278 g/mol. The number of benzene rings is 1. The maximum atomic E-state index is 11.4. The number of aliphatic carboxylic acids is 1. The van der Waals surface area contributed by atoms with Crippen LogP contribution in [0.25, 0.3) is 0 Å². The lowest BCUT2D eigenvalue weighted by atomic mass is 9.79. The molecule has 1 aromatic rings. The van der Waals surface area contributed by atoms with E-state index in [9.17, 15) is 9.90 Å². The van der Waals surface area contributed by atoms with Gasteiger partial charge in [-0.3, -0.25) is 4.79 Å². The van der Waals surface area contributed by atoms with Gasteiger partial charge in [0.05, 0.1) is 12.0 Å². The lowest BCUT2D eigenvalue weighted by Gasteiger charge is -2.26. The minimum absolute atomic E-state index is 0.443. The van der Waals surface area contributed by atoms with Crippen molar-refractivity contribution < 1.29 is 14.6 Å². The number of carboxylic acid groups (broad SMARTS) is 1. The van der Waals surface area contributed by atoms with Crippen LogP contribution in [0.4, 0.5) is 0 Å². The first-order valence-electron chi connectivity index (χ1n) is 7.30. The van der Waals surface area contributed by atoms with E-state index < -0.39 is 11.4 Å². The van der Waals surface area contributed by atoms with Gasteiger partial charge in [-0.2, -0.15) is 0 Å². The standard InChI is InChI=1S/C17H26O3/c1-6-17(7-2,16(18)19)8-9-20-15-13(4)10-12(3)11-14(15)5/h10-11H,6-9H2,1-5H3,(H,18,19). The Hall–Kier alpha value is -1.51. The summed E-state index contributed by atoms with van der Waals surface area (Å²) in [7, 11) is 0. The van der Waals surface area contributed by atoms with E-state index in [-0.39, 0.29) is 0 Å². The second kappa shape index (κ2) is 6.78. The third kappa shape index (κ3) is 3.53. The van der Waals surface area contributed by atoms with Crippen molar-refractivity contribution in [1.29, 1.82) is 0 Å². The molecule has 1 rings (SSSR count). The highest BCUT2D eigenvalue weighted by Crippen LogP contribution is 2.32. The second-order valence-electron chi connectivity index (χ2n) is 5.62. The van der Waals surface area contributed by atoms with Gasteiger partial charge >= 0.3 is 5.97 Å². The highest BCUT2D eigenvalue weighted by molar-refractivity contribution is 5.74. The Morgan fingerprint density at radius 1 is 1.15 bits per heavy atom. The van der Waals surface area contributed by atoms with Crippen molar-refractivity contribution >= 4 is 5.97 Å². The summed E-state index contributed by atoms with van der Waals surface area (Å²) in [5.41, 5.74) is 2.77. The average Bonchev–Trinajstić information content (AvgIpc) is 2.37. The largest absolute Gasteiger partial charge is 0.493 e. The van der Waals surface area contributed by atoms with E-state index in [2.05, 4.69) is 19.1 Å². The molecule has 0 fully saturated rings. The minimum atomic E-state index is -0.719. The van der Waals surface area contributed by atoms with E-state index >= 15 is 0 Å². The number of rotatable bonds is 7. The molecule has 0 aliphatic carbocycles. The molecule has 20 heavy (non-hydrogen) atoms. The minimum Gasteiger partial charge on any atom is -0.493 e. The van der Waals surface area contributed by atoms with E-state index in [1.54, 1.807) is 0 Å². The lowest BCUT2D eigenvalue weighted by molar-refractivity contribution is -0.150. The van der Waals surface area contributed by atoms with Crippen LogP contribution >= 0.6 is 0 Å². The topological polar surface area (TPSA) is 46.5 Å². The van der Waals surface area contributed by atoms with Gasteiger partial charge in [0.1, 0.15) is 5.75 Å². The zero-order chi connectivity index (χ0) is 15.3. The van der Waals surface area contributed by atoms with Gasteiger partial charge in [0.25, 0.3) is 0 Å². The molecule has 0 aliphatic heterocycles. The van der Waals surface area contributed by atoms with Gasteiger partial charge in [-0.15, -0.1) is 0 Å². The lowest BCUT2D eigenvalue weighted by Crippen LogP contribution is -2.31. The number of ether oxygens (including phenoxy) is 1. The highest BCUT2D eigenvalue weighted by Gasteiger charge is 2.34. The van der Waals surface area contributed by atoms with Crippen molar-refractivity contribution in [1.82, 2.24) is 0 Å². The molecule has 0 atom stereocenters. The maximum absolute atomic E-state index is 11.4. The first kappa shape index (κ1) is 16.5. The smallest absolute Gasteiger partial charge is 0.309 e. The van der Waals surface area contributed by atoms with Crippen molar-refractivity contribution in [3.63, 3.8) is 0 Å². The van der Waals surface area contributed by atoms with E-state index in [1.807, 2.05) is 27.7 Å². The number of carboxylic acids is 1. The van der Waals surface area contributed by atoms with Crippen LogP contribution in [0.15, 0.2) is 12.1 Å². The molecule has 0 spiro atoms. The SMILES string of the molecule is CCC(CC)(CCOc1c(C)cc(C)cc1C)C(=O)O. The van der Waals surface area contributed by atoms with Gasteiger partial charge in [-0.1, -0.05) is 31.5 Å². The van der Waals surface area contributed by atoms with Gasteiger partial charge < -0.3 is 9.84 Å². The summed E-state index contributed by atoms with van der Waals surface area (Å²) in [4.78, 5) is 11.4. The third-order valence-corrected chi connectivity index (χ3v) is 4.24. The molecule has 0 unspecified atom stereocenters. The Morgan fingerprint density at radius 3 is 2.05 bits per heavy atom. The van der Waals surface area contributed by atoms with Gasteiger partial charge in [-0.05, 0) is 51.2 Å². The quantitative estimate of drug-likeness (QED) is 0.810. The summed E-state index contributed by atoms with van der Waals surface area (Å²) >= 11 is 0. The molecule has 0 radical (unpaired) electrons. The van der Waals surface area contributed by atoms with Gasteiger partial charge in [-0.25, -0.2) is 0 Å². The Bertz CT molecular complexity index is 450. The van der Waals surface area contributed by atoms with Crippen molar-refractivity contribution in [2.24, 2.45) is 5.41 Å². The molecule has 0 saturated heterocycles. The normalized spacial score (nSPS) is 11.4. The van der Waals surface area contributed by atoms with Gasteiger partial charge in [0, 0.05) is 0 Å². The molecule has 0 amide bonds. The van der Waals surface area contributed by atoms with Crippen molar-refractivity contribution in [3.8, 4) is 5.75 Å². The number of carbonyl (C=O) groups is 1. The summed E-state index contributed by atoms with van der Waals surface area (Å²) in [5, 5.41) is 9.41. The third-order valence-electron chi connectivity index (χ3n) is 4.24. The first-order valence-corrected chi connectivity index (χ1v) is 7.30. The molecule has 3 nitrogen and oxygen atoms in total. The fourth-order valence-corrected chi connectivity index (χ4v) is 2.76. The average molecular weight is 278 g/mol. The van der Waals surface area contributed by atoms with Gasteiger partial charge in [0.15, 0.2) is 0 Å². The van der Waals surface area contributed by atoms with Crippen LogP contribution in [-0.2, 0) is 4.79 Å². The molecular formula is C17H26O3. The molecule has 1 aromatic carbocycles. The van der Waals surface area contributed by atoms with E-state index in [1.165, 1.54) is 5.56 Å². The molecule has 112 valence electrons. The Labute approximate surface area is 122 Å². The number of hydrogen-bond donors (Lipinski definition) is 1. The van der Waals surface area contributed by atoms with Crippen LogP contribution in [0.2, 0.25) is 0 Å². The molecule has 0 aliphatic rings. The molecule has 3 heteroatoms. The summed E-state index contributed by atoms with van der Waals surface area (Å²) in [6, 6.07) is 4.18. The first-order chi connectivity index (χ1) is 9.36. The van der Waals surface area contributed by atoms with Crippen LogP contribution in [0.3, 0.4) is 0 Å². The van der Waals surface area contributed by atoms with Crippen LogP contribution in [0, 0.1) is 26.2 Å². The second-order valence-corrected chi connectivity index (χ2v) is 5.62. The Kier molecular flexibility index (Phi) is 5.61. The number of hydrogen-bond acceptors (Lipinski definition) is 2. The van der Waals surface area contributed by atoms with Crippen molar-refractivity contribution in [2.75, 3.05) is 6.61 Å². The van der Waals surface area contributed by atoms with E-state index in [4.69, 9.17) is 4.74 Å². The summed E-state index contributed by atoms with van der Waals surface area (Å²) in [6.07, 6.45) is 1.81. The summed E-state index contributed by atoms with van der Waals surface area (Å²) < 4.78 is 5.87. The Morgan fingerprint density at radius 2 is 1.65 bits per heavy atom. The molecule has 0 saturated carbocycles. The molecule has 0 heterocycles. The number of aryl methyl sites for hydroxylation is 3. The fraction of sp³-hybridized carbons (Fsp3) is 0.588. The molecule has 1 N–H and O–H groups in total. The predicted octanol–water partition coefficient (Wildman–Crippen LogP) is 4.27. The van der Waals surface area contributed by atoms with E-state index in [0.717, 1.165) is 16.9 Å². The van der Waals surface area contributed by atoms with E-state index in [0.29, 0.717) is 25.9 Å². The predicted molar refractivity (Wildman–Crippen MR) is 81.4 cm³/mol. The highest BCUT2D eigenvalue weighted by atomic mass is 16.5. The van der Waals surface area contributed by atoms with Crippen LogP contribution in [0.1, 0.15) is 49.8 Å². The van der Waals surface area contributed by atoms with Crippen LogP contribution in [0.5, 0.6) is 5.75 Å². The molecular weight excluding hydrogens is 252 g/mol. The van der Waals surface area contributed by atoms with Crippen LogP contribution in [-0.4, -0.2) is 17.7 Å². The summed E-state index contributed by atoms with van der Waals surface area (Å²) in [6.45, 7) is 10.4. The van der Waals surface area contributed by atoms with Gasteiger partial charge in [0.2, 0.25) is 0 Å². The zero-order valence-electron chi connectivity index (χ0n) is 13.2. The fourth-order valence-electron chi connectivity index (χ4n) is 2.76. The maximum Gasteiger partial charge on any atom is 0.309 e. The zero-order valence-corrected chi connectivity index (χ0v) is 13.2. The molecule has 0 aromatic heterocycles. The summed E-state index contributed by atoms with van der Waals surface area (Å²) in [5.74, 6) is 0.172.